The Balaban J connectivity index is 2.23. The Labute approximate surface area is 75.1 Å². The highest BCUT2D eigenvalue weighted by atomic mass is 16.6. The molecule has 2 rings (SSSR count). The Morgan fingerprint density at radius 3 is 3.15 bits per heavy atom. The monoisotopic (exact) mass is 179 g/mol. The van der Waals surface area contributed by atoms with Crippen molar-refractivity contribution < 1.29 is 13.6 Å². The van der Waals surface area contributed by atoms with E-state index in [1.54, 1.807) is 18.4 Å². The zero-order valence-corrected chi connectivity index (χ0v) is 7.19. The van der Waals surface area contributed by atoms with Gasteiger partial charge >= 0.3 is 5.95 Å². The van der Waals surface area contributed by atoms with Crippen LogP contribution in [0, 0.1) is 0 Å². The summed E-state index contributed by atoms with van der Waals surface area (Å²) >= 11 is 0. The van der Waals surface area contributed by atoms with Crippen LogP contribution >= 0.6 is 0 Å². The van der Waals surface area contributed by atoms with Crippen molar-refractivity contribution in [1.82, 2.24) is 4.98 Å². The molecule has 4 nitrogen and oxygen atoms in total. The first kappa shape index (κ1) is 7.91. The third-order valence-electron chi connectivity index (χ3n) is 1.50. The van der Waals surface area contributed by atoms with E-state index in [4.69, 9.17) is 13.6 Å². The van der Waals surface area contributed by atoms with Gasteiger partial charge in [0.25, 0.3) is 5.89 Å². The fourth-order valence-electron chi connectivity index (χ4n) is 0.982. The maximum Gasteiger partial charge on any atom is 0.305 e. The second-order valence-corrected chi connectivity index (χ2v) is 2.39. The van der Waals surface area contributed by atoms with Gasteiger partial charge in [0.15, 0.2) is 5.76 Å². The molecule has 0 aromatic carbocycles. The summed E-state index contributed by atoms with van der Waals surface area (Å²) in [6.07, 6.45) is 3.10. The van der Waals surface area contributed by atoms with Gasteiger partial charge in [-0.2, -0.15) is 0 Å². The number of oxazole rings is 1. The van der Waals surface area contributed by atoms with Gasteiger partial charge in [-0.25, -0.2) is 4.98 Å². The highest BCUT2D eigenvalue weighted by Gasteiger charge is 2.08. The SMILES string of the molecule is CCOc1cnc(-c2ccco2)o1. The van der Waals surface area contributed by atoms with E-state index in [0.717, 1.165) is 0 Å². The van der Waals surface area contributed by atoms with Gasteiger partial charge in [-0.05, 0) is 19.1 Å². The summed E-state index contributed by atoms with van der Waals surface area (Å²) in [5, 5.41) is 0. The van der Waals surface area contributed by atoms with Crippen LogP contribution in [0.3, 0.4) is 0 Å². The lowest BCUT2D eigenvalue weighted by Crippen LogP contribution is -1.87. The first-order valence-electron chi connectivity index (χ1n) is 4.02. The summed E-state index contributed by atoms with van der Waals surface area (Å²) in [6, 6.07) is 3.56. The summed E-state index contributed by atoms with van der Waals surface area (Å²) < 4.78 is 15.5. The van der Waals surface area contributed by atoms with E-state index in [0.29, 0.717) is 24.2 Å². The van der Waals surface area contributed by atoms with Crippen molar-refractivity contribution in [3.8, 4) is 17.6 Å². The Morgan fingerprint density at radius 1 is 1.54 bits per heavy atom. The molecule has 0 unspecified atom stereocenters. The summed E-state index contributed by atoms with van der Waals surface area (Å²) in [5.74, 6) is 1.45. The Hall–Kier alpha value is -1.71. The molecule has 0 saturated heterocycles. The van der Waals surface area contributed by atoms with Crippen LogP contribution in [0.15, 0.2) is 33.4 Å². The van der Waals surface area contributed by atoms with Gasteiger partial charge in [0, 0.05) is 0 Å². The molecule has 2 heterocycles. The highest BCUT2D eigenvalue weighted by Crippen LogP contribution is 2.22. The van der Waals surface area contributed by atoms with Gasteiger partial charge in [-0.3, -0.25) is 0 Å². The standard InChI is InChI=1S/C9H9NO3/c1-2-11-8-6-10-9(13-8)7-4-3-5-12-7/h3-6H,2H2,1H3. The number of aromatic nitrogens is 1. The second-order valence-electron chi connectivity index (χ2n) is 2.39. The van der Waals surface area contributed by atoms with Crippen molar-refractivity contribution in [2.75, 3.05) is 6.61 Å². The first-order valence-corrected chi connectivity index (χ1v) is 4.02. The molecular weight excluding hydrogens is 170 g/mol. The molecule has 13 heavy (non-hydrogen) atoms. The van der Waals surface area contributed by atoms with Gasteiger partial charge in [0.1, 0.15) is 6.20 Å². The average Bonchev–Trinajstić information content (AvgIpc) is 2.70. The van der Waals surface area contributed by atoms with E-state index in [-0.39, 0.29) is 0 Å². The van der Waals surface area contributed by atoms with E-state index in [2.05, 4.69) is 4.98 Å². The van der Waals surface area contributed by atoms with Crippen molar-refractivity contribution >= 4 is 0 Å². The van der Waals surface area contributed by atoms with Crippen molar-refractivity contribution in [2.24, 2.45) is 0 Å². The fraction of sp³-hybridized carbons (Fsp3) is 0.222. The van der Waals surface area contributed by atoms with Crippen LogP contribution in [0.2, 0.25) is 0 Å². The van der Waals surface area contributed by atoms with E-state index >= 15 is 0 Å². The molecule has 0 amide bonds. The van der Waals surface area contributed by atoms with Gasteiger partial charge in [-0.15, -0.1) is 0 Å². The lowest BCUT2D eigenvalue weighted by Gasteiger charge is -1.93. The zero-order chi connectivity index (χ0) is 9.10. The van der Waals surface area contributed by atoms with E-state index < -0.39 is 0 Å². The van der Waals surface area contributed by atoms with Crippen molar-refractivity contribution in [3.63, 3.8) is 0 Å². The molecule has 0 saturated carbocycles. The Kier molecular flexibility index (Phi) is 2.04. The van der Waals surface area contributed by atoms with Crippen LogP contribution in [0.1, 0.15) is 6.92 Å². The Morgan fingerprint density at radius 2 is 2.46 bits per heavy atom. The lowest BCUT2D eigenvalue weighted by atomic mass is 10.4. The summed E-state index contributed by atoms with van der Waals surface area (Å²) in [6.45, 7) is 2.45. The van der Waals surface area contributed by atoms with Crippen LogP contribution < -0.4 is 4.74 Å². The van der Waals surface area contributed by atoms with Crippen molar-refractivity contribution in [1.29, 1.82) is 0 Å². The molecule has 0 aliphatic rings. The summed E-state index contributed by atoms with van der Waals surface area (Å²) in [4.78, 5) is 3.99. The second kappa shape index (κ2) is 3.35. The molecule has 0 N–H and O–H groups in total. The molecule has 0 atom stereocenters. The van der Waals surface area contributed by atoms with Crippen molar-refractivity contribution in [2.45, 2.75) is 6.92 Å². The molecule has 2 aromatic rings. The molecule has 0 aliphatic heterocycles. The van der Waals surface area contributed by atoms with E-state index in [1.165, 1.54) is 6.20 Å². The molecule has 0 fully saturated rings. The molecule has 0 spiro atoms. The topological polar surface area (TPSA) is 48.4 Å². The third kappa shape index (κ3) is 1.56. The normalized spacial score (nSPS) is 10.2. The minimum absolute atomic E-state index is 0.411. The molecule has 0 aliphatic carbocycles. The zero-order valence-electron chi connectivity index (χ0n) is 7.19. The molecule has 4 heteroatoms. The van der Waals surface area contributed by atoms with Crippen LogP contribution in [0.4, 0.5) is 0 Å². The molecule has 0 radical (unpaired) electrons. The van der Waals surface area contributed by atoms with Crippen LogP contribution in [0.5, 0.6) is 5.95 Å². The quantitative estimate of drug-likeness (QED) is 0.725. The first-order chi connectivity index (χ1) is 6.40. The molecular formula is C9H9NO3. The Bertz CT molecular complexity index is 364. The largest absolute Gasteiger partial charge is 0.464 e. The van der Waals surface area contributed by atoms with Crippen LogP contribution in [0.25, 0.3) is 11.7 Å². The van der Waals surface area contributed by atoms with Gasteiger partial charge in [-0.1, -0.05) is 0 Å². The number of nitrogens with zero attached hydrogens (tertiary/aromatic N) is 1. The smallest absolute Gasteiger partial charge is 0.305 e. The highest BCUT2D eigenvalue weighted by molar-refractivity contribution is 5.43. The predicted octanol–water partition coefficient (Wildman–Crippen LogP) is 2.33. The molecule has 68 valence electrons. The average molecular weight is 179 g/mol. The summed E-state index contributed by atoms with van der Waals surface area (Å²) in [5.41, 5.74) is 0. The van der Waals surface area contributed by atoms with E-state index in [1.807, 2.05) is 6.92 Å². The van der Waals surface area contributed by atoms with Crippen LogP contribution in [-0.2, 0) is 0 Å². The number of rotatable bonds is 3. The van der Waals surface area contributed by atoms with Gasteiger partial charge in [0.05, 0.1) is 12.9 Å². The minimum Gasteiger partial charge on any atom is -0.464 e. The fourth-order valence-corrected chi connectivity index (χ4v) is 0.982. The minimum atomic E-state index is 0.411. The molecule has 0 bridgehead atoms. The number of hydrogen-bond donors (Lipinski definition) is 0. The number of furan rings is 1. The maximum atomic E-state index is 5.24. The van der Waals surface area contributed by atoms with Crippen molar-refractivity contribution in [3.05, 3.63) is 24.6 Å². The van der Waals surface area contributed by atoms with Gasteiger partial charge < -0.3 is 13.6 Å². The molecule has 2 aromatic heterocycles. The number of ether oxygens (including phenoxy) is 1. The lowest BCUT2D eigenvalue weighted by molar-refractivity contribution is 0.259. The van der Waals surface area contributed by atoms with E-state index in [9.17, 15) is 0 Å². The predicted molar refractivity (Wildman–Crippen MR) is 45.4 cm³/mol. The maximum absolute atomic E-state index is 5.24. The van der Waals surface area contributed by atoms with Crippen LogP contribution in [-0.4, -0.2) is 11.6 Å². The van der Waals surface area contributed by atoms with Gasteiger partial charge in [0.2, 0.25) is 0 Å². The third-order valence-corrected chi connectivity index (χ3v) is 1.50. The number of hydrogen-bond acceptors (Lipinski definition) is 4. The summed E-state index contributed by atoms with van der Waals surface area (Å²) in [7, 11) is 0.